The molecule has 1 saturated carbocycles. The monoisotopic (exact) mass is 312 g/mol. The number of aryl methyl sites for hydroxylation is 2. The Kier molecular flexibility index (Phi) is 4.53. The Balaban J connectivity index is 2.09. The van der Waals surface area contributed by atoms with Crippen LogP contribution in [-0.4, -0.2) is 27.5 Å². The smallest absolute Gasteiger partial charge is 0.257 e. The number of carbonyl (C=O) groups excluding carboxylic acids is 1. The van der Waals surface area contributed by atoms with Crippen molar-refractivity contribution in [3.63, 3.8) is 0 Å². The van der Waals surface area contributed by atoms with Gasteiger partial charge < -0.3 is 10.1 Å². The molecule has 116 valence electrons. The first-order chi connectivity index (χ1) is 9.77. The quantitative estimate of drug-likeness (QED) is 0.813. The lowest BCUT2D eigenvalue weighted by Crippen LogP contribution is -2.31. The van der Waals surface area contributed by atoms with Gasteiger partial charge in [0, 0.05) is 6.54 Å². The van der Waals surface area contributed by atoms with Gasteiger partial charge in [-0.2, -0.15) is 0 Å². The lowest BCUT2D eigenvalue weighted by Gasteiger charge is -2.14. The fourth-order valence-electron chi connectivity index (χ4n) is 2.08. The second kappa shape index (κ2) is 6.03. The molecular weight excluding hydrogens is 292 g/mol. The van der Waals surface area contributed by atoms with Gasteiger partial charge in [-0.3, -0.25) is 4.79 Å². The maximum atomic E-state index is 11.7. The number of ether oxygens (including phenoxy) is 1. The number of amides is 1. The summed E-state index contributed by atoms with van der Waals surface area (Å²) in [6, 6.07) is 3.23. The normalized spacial score (nSPS) is 14.8. The van der Waals surface area contributed by atoms with Crippen molar-refractivity contribution in [3.05, 3.63) is 23.3 Å². The van der Waals surface area contributed by atoms with E-state index in [0.717, 1.165) is 18.4 Å². The summed E-state index contributed by atoms with van der Waals surface area (Å²) in [5, 5.41) is 7.96. The predicted molar refractivity (Wildman–Crippen MR) is 78.5 cm³/mol. The molecule has 0 atom stereocenters. The number of nitrogens with two attached hydrogens (primary N) is 1. The minimum absolute atomic E-state index is 0.0880. The summed E-state index contributed by atoms with van der Waals surface area (Å²) in [5.74, 6) is 0.460. The molecule has 0 aliphatic heterocycles. The Labute approximate surface area is 124 Å². The highest BCUT2D eigenvalue weighted by molar-refractivity contribution is 7.89. The number of hydrogen-bond acceptors (Lipinski definition) is 4. The molecule has 1 aliphatic rings. The number of primary sulfonamides is 1. The minimum Gasteiger partial charge on any atom is -0.482 e. The lowest BCUT2D eigenvalue weighted by atomic mass is 10.1. The number of benzene rings is 1. The molecule has 2 rings (SSSR count). The van der Waals surface area contributed by atoms with Crippen LogP contribution in [0.25, 0.3) is 0 Å². The van der Waals surface area contributed by atoms with Crippen molar-refractivity contribution in [1.29, 1.82) is 0 Å². The maximum Gasteiger partial charge on any atom is 0.257 e. The highest BCUT2D eigenvalue weighted by Crippen LogP contribution is 2.29. The molecule has 0 unspecified atom stereocenters. The fourth-order valence-corrected chi connectivity index (χ4v) is 2.91. The number of hydrogen-bond donors (Lipinski definition) is 2. The summed E-state index contributed by atoms with van der Waals surface area (Å²) in [6.45, 7) is 3.92. The van der Waals surface area contributed by atoms with Gasteiger partial charge in [-0.1, -0.05) is 6.07 Å². The van der Waals surface area contributed by atoms with Crippen LogP contribution in [-0.2, 0) is 14.8 Å². The Morgan fingerprint density at radius 2 is 2.05 bits per heavy atom. The SMILES string of the molecule is Cc1cc(C)c(OCC(=O)NCC2CC2)c(S(N)(=O)=O)c1. The summed E-state index contributed by atoms with van der Waals surface area (Å²) < 4.78 is 28.6. The van der Waals surface area contributed by atoms with Gasteiger partial charge in [-0.15, -0.1) is 0 Å². The van der Waals surface area contributed by atoms with Gasteiger partial charge in [-0.05, 0) is 49.8 Å². The van der Waals surface area contributed by atoms with E-state index in [1.807, 2.05) is 0 Å². The van der Waals surface area contributed by atoms with Crippen LogP contribution in [0.4, 0.5) is 0 Å². The summed E-state index contributed by atoms with van der Waals surface area (Å²) in [5.41, 5.74) is 1.40. The molecule has 0 bridgehead atoms. The standard InChI is InChI=1S/C14H20N2O4S/c1-9-5-10(2)14(12(6-9)21(15,18)19)20-8-13(17)16-7-11-3-4-11/h5-6,11H,3-4,7-8H2,1-2H3,(H,16,17)(H2,15,18,19). The molecule has 0 radical (unpaired) electrons. The van der Waals surface area contributed by atoms with Crippen molar-refractivity contribution in [2.24, 2.45) is 11.1 Å². The summed E-state index contributed by atoms with van der Waals surface area (Å²) >= 11 is 0. The van der Waals surface area contributed by atoms with Gasteiger partial charge in [0.1, 0.15) is 10.6 Å². The van der Waals surface area contributed by atoms with Crippen LogP contribution in [0.5, 0.6) is 5.75 Å². The zero-order chi connectivity index (χ0) is 15.6. The van der Waals surface area contributed by atoms with Gasteiger partial charge in [0.2, 0.25) is 10.0 Å². The molecular formula is C14H20N2O4S. The van der Waals surface area contributed by atoms with Crippen LogP contribution in [0.3, 0.4) is 0 Å². The van der Waals surface area contributed by atoms with Gasteiger partial charge in [-0.25, -0.2) is 13.6 Å². The van der Waals surface area contributed by atoms with Crippen molar-refractivity contribution >= 4 is 15.9 Å². The summed E-state index contributed by atoms with van der Waals surface area (Å²) in [4.78, 5) is 11.6. The van der Waals surface area contributed by atoms with Crippen molar-refractivity contribution in [1.82, 2.24) is 5.32 Å². The maximum absolute atomic E-state index is 11.7. The third-order valence-electron chi connectivity index (χ3n) is 3.32. The minimum atomic E-state index is -3.90. The first kappa shape index (κ1) is 15.8. The third kappa shape index (κ3) is 4.44. The van der Waals surface area contributed by atoms with Crippen LogP contribution in [0.1, 0.15) is 24.0 Å². The highest BCUT2D eigenvalue weighted by Gasteiger charge is 2.22. The van der Waals surface area contributed by atoms with Gasteiger partial charge in [0.15, 0.2) is 6.61 Å². The number of nitrogens with one attached hydrogen (secondary N) is 1. The highest BCUT2D eigenvalue weighted by atomic mass is 32.2. The van der Waals surface area contributed by atoms with Gasteiger partial charge in [0.25, 0.3) is 5.91 Å². The van der Waals surface area contributed by atoms with E-state index < -0.39 is 10.0 Å². The van der Waals surface area contributed by atoms with Crippen molar-refractivity contribution in [2.45, 2.75) is 31.6 Å². The average Bonchev–Trinajstić information content (AvgIpc) is 3.17. The molecule has 1 amide bonds. The van der Waals surface area contributed by atoms with E-state index in [0.29, 0.717) is 18.0 Å². The van der Waals surface area contributed by atoms with E-state index in [9.17, 15) is 13.2 Å². The van der Waals surface area contributed by atoms with E-state index in [1.165, 1.54) is 6.07 Å². The van der Waals surface area contributed by atoms with Gasteiger partial charge >= 0.3 is 0 Å². The Bertz CT molecular complexity index is 651. The average molecular weight is 312 g/mol. The largest absolute Gasteiger partial charge is 0.482 e. The number of sulfonamides is 1. The van der Waals surface area contributed by atoms with E-state index in [-0.39, 0.29) is 23.2 Å². The molecule has 0 saturated heterocycles. The van der Waals surface area contributed by atoms with Gasteiger partial charge in [0.05, 0.1) is 0 Å². The van der Waals surface area contributed by atoms with E-state index in [4.69, 9.17) is 9.88 Å². The second-order valence-corrected chi connectivity index (χ2v) is 7.02. The first-order valence-corrected chi connectivity index (χ1v) is 8.35. The van der Waals surface area contributed by atoms with E-state index >= 15 is 0 Å². The molecule has 3 N–H and O–H groups in total. The van der Waals surface area contributed by atoms with Crippen LogP contribution >= 0.6 is 0 Å². The lowest BCUT2D eigenvalue weighted by molar-refractivity contribution is -0.123. The van der Waals surface area contributed by atoms with Crippen LogP contribution in [0.2, 0.25) is 0 Å². The van der Waals surface area contributed by atoms with Crippen molar-refractivity contribution < 1.29 is 17.9 Å². The molecule has 1 aliphatic carbocycles. The van der Waals surface area contributed by atoms with Crippen LogP contribution < -0.4 is 15.2 Å². The molecule has 6 nitrogen and oxygen atoms in total. The van der Waals surface area contributed by atoms with E-state index in [2.05, 4.69) is 5.32 Å². The molecule has 0 spiro atoms. The number of rotatable bonds is 6. The molecule has 1 aromatic rings. The van der Waals surface area contributed by atoms with Crippen molar-refractivity contribution in [3.8, 4) is 5.75 Å². The molecule has 21 heavy (non-hydrogen) atoms. The first-order valence-electron chi connectivity index (χ1n) is 6.81. The zero-order valence-corrected chi connectivity index (χ0v) is 13.0. The second-order valence-electron chi connectivity index (χ2n) is 5.49. The molecule has 1 aromatic carbocycles. The van der Waals surface area contributed by atoms with E-state index in [1.54, 1.807) is 19.9 Å². The Morgan fingerprint density at radius 1 is 1.38 bits per heavy atom. The topological polar surface area (TPSA) is 98.5 Å². The zero-order valence-electron chi connectivity index (χ0n) is 12.2. The van der Waals surface area contributed by atoms with Crippen LogP contribution in [0, 0.1) is 19.8 Å². The summed E-state index contributed by atoms with van der Waals surface area (Å²) in [6.07, 6.45) is 2.29. The number of carbonyl (C=O) groups is 1. The fraction of sp³-hybridized carbons (Fsp3) is 0.500. The van der Waals surface area contributed by atoms with Crippen molar-refractivity contribution in [2.75, 3.05) is 13.2 Å². The van der Waals surface area contributed by atoms with Crippen LogP contribution in [0.15, 0.2) is 17.0 Å². The molecule has 0 aromatic heterocycles. The summed E-state index contributed by atoms with van der Waals surface area (Å²) in [7, 11) is -3.90. The third-order valence-corrected chi connectivity index (χ3v) is 4.24. The predicted octanol–water partition coefficient (Wildman–Crippen LogP) is 0.856. The molecule has 1 fully saturated rings. The molecule has 0 heterocycles. The molecule has 7 heteroatoms. The Hall–Kier alpha value is -1.60. The Morgan fingerprint density at radius 3 is 2.62 bits per heavy atom.